The molecular formula is C76H52O46. The molecule has 46 heteroatoms. The minimum atomic E-state index is -3.12. The summed E-state index contributed by atoms with van der Waals surface area (Å²) in [6, 6.07) is 8.56. The molecule has 0 spiro atoms. The van der Waals surface area contributed by atoms with Crippen molar-refractivity contribution in [2.24, 2.45) is 0 Å². The van der Waals surface area contributed by atoms with Crippen LogP contribution < -0.4 is 23.7 Å². The molecule has 122 heavy (non-hydrogen) atoms. The Bertz CT molecular complexity index is 5970. The summed E-state index contributed by atoms with van der Waals surface area (Å²) in [7, 11) is 0. The Balaban J connectivity index is 1.09. The van der Waals surface area contributed by atoms with Gasteiger partial charge in [-0.1, -0.05) is 0 Å². The molecule has 0 radical (unpaired) electrons. The van der Waals surface area contributed by atoms with Crippen molar-refractivity contribution in [1.29, 1.82) is 0 Å². The number of phenolic OH excluding ortho intramolecular Hbond substituents is 25. The monoisotopic (exact) mass is 1700 g/mol. The molecule has 1 fully saturated rings. The fraction of sp³-hybridized carbons (Fsp3) is 0.0789. The first kappa shape index (κ1) is 84.8. The van der Waals surface area contributed by atoms with Crippen molar-refractivity contribution in [1.82, 2.24) is 0 Å². The lowest BCUT2D eigenvalue weighted by molar-refractivity contribution is -0.282. The molecule has 10 aromatic rings. The average molecular weight is 1700 g/mol. The molecule has 632 valence electrons. The lowest BCUT2D eigenvalue weighted by atomic mass is 9.97. The van der Waals surface area contributed by atoms with Gasteiger partial charge in [0.25, 0.3) is 0 Å². The van der Waals surface area contributed by atoms with Crippen LogP contribution in [0, 0.1) is 0 Å². The smallest absolute Gasteiger partial charge is 0.343 e. The lowest BCUT2D eigenvalue weighted by Gasteiger charge is -2.43. The van der Waals surface area contributed by atoms with Crippen LogP contribution in [0.3, 0.4) is 0 Å². The second-order valence-corrected chi connectivity index (χ2v) is 25.1. The molecule has 0 amide bonds. The molecule has 0 aromatic heterocycles. The molecule has 46 nitrogen and oxygen atoms in total. The van der Waals surface area contributed by atoms with E-state index in [1.54, 1.807) is 0 Å². The van der Waals surface area contributed by atoms with Gasteiger partial charge in [0.1, 0.15) is 12.7 Å². The number of rotatable bonds is 21. The number of ether oxygens (including phenoxy) is 11. The van der Waals surface area contributed by atoms with Gasteiger partial charge in [-0.2, -0.15) is 0 Å². The molecule has 1 saturated heterocycles. The maximum absolute atomic E-state index is 15.3. The molecule has 1 aliphatic heterocycles. The summed E-state index contributed by atoms with van der Waals surface area (Å²) in [5.74, 6) is -56.0. The Labute approximate surface area is 671 Å². The average Bonchev–Trinajstić information content (AvgIpc) is 0.764. The molecule has 1 heterocycles. The van der Waals surface area contributed by atoms with Gasteiger partial charge >= 0.3 is 59.7 Å². The van der Waals surface area contributed by atoms with E-state index >= 15 is 14.4 Å². The van der Waals surface area contributed by atoms with E-state index < -0.39 is 325 Å². The first-order valence-corrected chi connectivity index (χ1v) is 33.2. The van der Waals surface area contributed by atoms with E-state index in [2.05, 4.69) is 0 Å². The second-order valence-electron chi connectivity index (χ2n) is 25.1. The molecule has 25 N–H and O–H groups in total. The molecule has 0 aliphatic carbocycles. The Morgan fingerprint density at radius 2 is 0.377 bits per heavy atom. The van der Waals surface area contributed by atoms with Crippen LogP contribution in [0.15, 0.2) is 121 Å². The quantitative estimate of drug-likeness (QED) is 0.0198. The summed E-state index contributed by atoms with van der Waals surface area (Å²) in [5.41, 5.74) is -9.89. The molecular weight excluding hydrogens is 1650 g/mol. The molecule has 4 unspecified atom stereocenters. The molecule has 0 bridgehead atoms. The van der Waals surface area contributed by atoms with Gasteiger partial charge in [0.05, 0.1) is 55.6 Å². The van der Waals surface area contributed by atoms with E-state index in [-0.39, 0.29) is 0 Å². The van der Waals surface area contributed by atoms with Gasteiger partial charge in [0.15, 0.2) is 156 Å². The number of esters is 10. The Morgan fingerprint density at radius 3 is 0.598 bits per heavy atom. The van der Waals surface area contributed by atoms with Crippen LogP contribution in [-0.4, -0.2) is 225 Å². The second kappa shape index (κ2) is 33.4. The summed E-state index contributed by atoms with van der Waals surface area (Å²) in [5, 5.41) is 261. The highest BCUT2D eigenvalue weighted by Crippen LogP contribution is 2.48. The predicted octanol–water partition coefficient (Wildman–Crippen LogP) is 4.84. The number of benzene rings is 10. The van der Waals surface area contributed by atoms with Crippen LogP contribution in [0.4, 0.5) is 0 Å². The Kier molecular flexibility index (Phi) is 23.2. The first-order valence-electron chi connectivity index (χ1n) is 33.2. The van der Waals surface area contributed by atoms with Gasteiger partial charge < -0.3 is 180 Å². The minimum absolute atomic E-state index is 0.295. The third-order valence-corrected chi connectivity index (χ3v) is 16.9. The van der Waals surface area contributed by atoms with Crippen molar-refractivity contribution in [3.8, 4) is 172 Å². The molecule has 0 saturated carbocycles. The standard InChI is InChI=1S/C76H52O46/c77-32-1-22(2-33(78)53(32)92)67(103)113-47-16-27(11-42(87)58(47)97)66(102)112-21-52-63(119-72(108)28-12-43(88)59(98)48(17-28)114-68(104)23-3-34(79)54(93)35(80)4-23)64(120-73(109)29-13-44(89)60(99)49(18-29)115-69(105)24-5-36(81)55(94)37(82)6-24)65(121-74(110)30-14-45(90)61(100)50(19-30)116-70(106)25-7-38(83)56(95)39(84)8-25)76(118-52)122-75(111)31-15-46(91)62(101)51(20-31)117-71(107)26-9-40(85)57(96)41(86)10-26/h1-20,52,63-65,76-101H,21H2/t52?,63?,64?,65-,76?/m0/s1. The van der Waals surface area contributed by atoms with E-state index in [0.717, 1.165) is 0 Å². The highest BCUT2D eigenvalue weighted by Gasteiger charge is 2.55. The largest absolute Gasteiger partial charge is 0.504 e. The van der Waals surface area contributed by atoms with Gasteiger partial charge in [0.2, 0.25) is 41.1 Å². The number of carbonyl (C=O) groups is 10. The minimum Gasteiger partial charge on any atom is -0.504 e. The number of hydrogen-bond acceptors (Lipinski definition) is 46. The van der Waals surface area contributed by atoms with Crippen LogP contribution in [0.5, 0.6) is 172 Å². The number of aromatic hydroxyl groups is 25. The zero-order chi connectivity index (χ0) is 89.4. The zero-order valence-corrected chi connectivity index (χ0v) is 59.9. The Hall–Kier alpha value is -18.1. The maximum atomic E-state index is 15.3. The van der Waals surface area contributed by atoms with Crippen LogP contribution >= 0.6 is 0 Å². The van der Waals surface area contributed by atoms with E-state index in [1.165, 1.54) is 0 Å². The normalized spacial score (nSPS) is 14.6. The van der Waals surface area contributed by atoms with Gasteiger partial charge in [-0.05, 0) is 121 Å². The van der Waals surface area contributed by atoms with Crippen molar-refractivity contribution < 1.29 is 228 Å². The van der Waals surface area contributed by atoms with Gasteiger partial charge in [-0.15, -0.1) is 0 Å². The third kappa shape index (κ3) is 17.6. The fourth-order valence-electron chi connectivity index (χ4n) is 10.8. The molecule has 10 aromatic carbocycles. The van der Waals surface area contributed by atoms with Gasteiger partial charge in [-0.25, -0.2) is 47.9 Å². The number of carbonyl (C=O) groups excluding carboxylic acids is 10. The first-order chi connectivity index (χ1) is 57.4. The molecule has 1 aliphatic rings. The van der Waals surface area contributed by atoms with Crippen molar-refractivity contribution >= 4 is 59.7 Å². The SMILES string of the molecule is O=C(OCC1OC(OC(=O)c2cc(O)c(O)c(OC(=O)c3cc(O)c(O)c(O)c3)c2)[C@@H](OC(=O)c2cc(O)c(O)c(OC(=O)c3cc(O)c(O)c(O)c3)c2)C(OC(=O)c2cc(O)c(O)c(OC(=O)c3cc(O)c(O)c(O)c3)c2)C1OC(=O)c1cc(O)c(O)c(OC(=O)c2cc(O)c(O)c(O)c2)c1)c1cc(O)c(O)c(OC(=O)c2cc(O)c(O)c(O)c2)c1. The topological polar surface area (TPSA) is 778 Å². The summed E-state index contributed by atoms with van der Waals surface area (Å²) < 4.78 is 60.4. The van der Waals surface area contributed by atoms with Crippen LogP contribution in [-0.2, 0) is 28.4 Å². The molecule has 11 rings (SSSR count). The predicted molar refractivity (Wildman–Crippen MR) is 383 cm³/mol. The van der Waals surface area contributed by atoms with E-state index in [1.807, 2.05) is 0 Å². The van der Waals surface area contributed by atoms with E-state index in [0.29, 0.717) is 121 Å². The van der Waals surface area contributed by atoms with E-state index in [4.69, 9.17) is 52.1 Å². The maximum Gasteiger partial charge on any atom is 0.343 e. The zero-order valence-electron chi connectivity index (χ0n) is 59.9. The summed E-state index contributed by atoms with van der Waals surface area (Å²) in [4.78, 5) is 142. The van der Waals surface area contributed by atoms with Crippen molar-refractivity contribution in [2.45, 2.75) is 30.7 Å². The van der Waals surface area contributed by atoms with Gasteiger partial charge in [0, 0.05) is 0 Å². The summed E-state index contributed by atoms with van der Waals surface area (Å²) in [6.07, 6.45) is -15.1. The number of phenols is 25. The van der Waals surface area contributed by atoms with Crippen molar-refractivity contribution in [3.05, 3.63) is 177 Å². The van der Waals surface area contributed by atoms with E-state index in [9.17, 15) is 161 Å². The van der Waals surface area contributed by atoms with Crippen molar-refractivity contribution in [3.63, 3.8) is 0 Å². The third-order valence-electron chi connectivity index (χ3n) is 16.9. The van der Waals surface area contributed by atoms with Gasteiger partial charge in [-0.3, -0.25) is 0 Å². The summed E-state index contributed by atoms with van der Waals surface area (Å²) >= 11 is 0. The highest BCUT2D eigenvalue weighted by molar-refractivity contribution is 6.00. The Morgan fingerprint density at radius 1 is 0.205 bits per heavy atom. The number of hydrogen-bond donors (Lipinski definition) is 25. The van der Waals surface area contributed by atoms with Crippen LogP contribution in [0.2, 0.25) is 0 Å². The fourth-order valence-corrected chi connectivity index (χ4v) is 10.8. The van der Waals surface area contributed by atoms with Crippen LogP contribution in [0.25, 0.3) is 0 Å². The summed E-state index contributed by atoms with van der Waals surface area (Å²) in [6.45, 7) is -1.71. The van der Waals surface area contributed by atoms with Crippen molar-refractivity contribution in [2.75, 3.05) is 6.61 Å². The van der Waals surface area contributed by atoms with Crippen LogP contribution in [0.1, 0.15) is 104 Å². The lowest BCUT2D eigenvalue weighted by Crippen LogP contribution is -2.63. The highest BCUT2D eigenvalue weighted by atomic mass is 16.8. The molecule has 5 atom stereocenters.